The molecule has 3 N–H and O–H groups in total. The standard InChI is InChI=1S/C39H38N2O4S/c42-26-29-15-17-31(18-16-29)37-23-34(27-46-35-12-5-2-6-13-35)44-38(45-37)32-21-19-30(20-22-32)36-14-8-7-11-33(36)25-41-39(43)40-24-28-9-3-1-4-10-28/h1-22,34,37-38,42H,23-27H2,(H2,40,41,43). The van der Waals surface area contributed by atoms with E-state index in [0.717, 1.165) is 51.1 Å². The Labute approximate surface area is 274 Å². The summed E-state index contributed by atoms with van der Waals surface area (Å²) in [7, 11) is 0. The van der Waals surface area contributed by atoms with E-state index in [2.05, 4.69) is 65.2 Å². The average Bonchev–Trinajstić information content (AvgIpc) is 3.13. The molecule has 1 fully saturated rings. The lowest BCUT2D eigenvalue weighted by Crippen LogP contribution is -2.34. The summed E-state index contributed by atoms with van der Waals surface area (Å²) in [6.07, 6.45) is 0.0851. The highest BCUT2D eigenvalue weighted by molar-refractivity contribution is 7.99. The van der Waals surface area contributed by atoms with Crippen LogP contribution in [0.2, 0.25) is 0 Å². The SMILES string of the molecule is O=C(NCc1ccccc1)NCc1ccccc1-c1ccc(C2OC(CSc3ccccc3)CC(c3ccc(CO)cc3)O2)cc1. The van der Waals surface area contributed by atoms with E-state index in [0.29, 0.717) is 13.1 Å². The van der Waals surface area contributed by atoms with Crippen LogP contribution in [0.1, 0.15) is 46.6 Å². The van der Waals surface area contributed by atoms with Crippen LogP contribution in [0.4, 0.5) is 4.79 Å². The third kappa shape index (κ3) is 8.44. The number of nitrogens with one attached hydrogen (secondary N) is 2. The third-order valence-corrected chi connectivity index (χ3v) is 9.18. The zero-order valence-corrected chi connectivity index (χ0v) is 26.4. The molecule has 0 bridgehead atoms. The summed E-state index contributed by atoms with van der Waals surface area (Å²) in [5.74, 6) is 0.812. The van der Waals surface area contributed by atoms with Crippen LogP contribution < -0.4 is 10.6 Å². The molecular formula is C39H38N2O4S. The maximum atomic E-state index is 12.5. The first-order chi connectivity index (χ1) is 22.6. The quantitative estimate of drug-likeness (QED) is 0.128. The van der Waals surface area contributed by atoms with Crippen molar-refractivity contribution in [2.45, 2.75) is 49.5 Å². The number of rotatable bonds is 11. The maximum absolute atomic E-state index is 12.5. The Morgan fingerprint density at radius 3 is 2.09 bits per heavy atom. The zero-order chi connectivity index (χ0) is 31.6. The lowest BCUT2D eigenvalue weighted by molar-refractivity contribution is -0.245. The Balaban J connectivity index is 1.14. The van der Waals surface area contributed by atoms with Crippen molar-refractivity contribution in [1.82, 2.24) is 10.6 Å². The second kappa shape index (κ2) is 15.7. The molecule has 7 heteroatoms. The normalized spacial score (nSPS) is 17.7. The fourth-order valence-corrected chi connectivity index (χ4v) is 6.46. The van der Waals surface area contributed by atoms with Gasteiger partial charge >= 0.3 is 6.03 Å². The molecule has 0 aliphatic carbocycles. The van der Waals surface area contributed by atoms with Crippen molar-refractivity contribution in [3.8, 4) is 11.1 Å². The maximum Gasteiger partial charge on any atom is 0.315 e. The van der Waals surface area contributed by atoms with Crippen LogP contribution in [0.25, 0.3) is 11.1 Å². The summed E-state index contributed by atoms with van der Waals surface area (Å²) >= 11 is 1.79. The van der Waals surface area contributed by atoms with Crippen molar-refractivity contribution < 1.29 is 19.4 Å². The summed E-state index contributed by atoms with van der Waals surface area (Å²) in [4.78, 5) is 13.7. The summed E-state index contributed by atoms with van der Waals surface area (Å²) in [6, 6.07) is 44.4. The van der Waals surface area contributed by atoms with Gasteiger partial charge in [-0.2, -0.15) is 0 Å². The fraction of sp³-hybridized carbons (Fsp3) is 0.205. The molecule has 0 spiro atoms. The molecule has 6 nitrogen and oxygen atoms in total. The molecule has 1 heterocycles. The van der Waals surface area contributed by atoms with Crippen LogP contribution in [-0.4, -0.2) is 23.0 Å². The minimum absolute atomic E-state index is 0.00834. The molecule has 46 heavy (non-hydrogen) atoms. The van der Waals surface area contributed by atoms with Gasteiger partial charge in [-0.3, -0.25) is 0 Å². The number of hydrogen-bond acceptors (Lipinski definition) is 5. The molecule has 0 saturated carbocycles. The van der Waals surface area contributed by atoms with E-state index in [1.165, 1.54) is 4.90 Å². The van der Waals surface area contributed by atoms with Gasteiger partial charge in [0.15, 0.2) is 6.29 Å². The topological polar surface area (TPSA) is 79.8 Å². The van der Waals surface area contributed by atoms with Crippen molar-refractivity contribution in [2.24, 2.45) is 0 Å². The molecular weight excluding hydrogens is 593 g/mol. The number of aliphatic hydroxyl groups excluding tert-OH is 1. The van der Waals surface area contributed by atoms with E-state index in [1.807, 2.05) is 78.9 Å². The first-order valence-corrected chi connectivity index (χ1v) is 16.6. The average molecular weight is 631 g/mol. The number of carbonyl (C=O) groups excluding carboxylic acids is 1. The first kappa shape index (κ1) is 31.6. The predicted molar refractivity (Wildman–Crippen MR) is 183 cm³/mol. The Kier molecular flexibility index (Phi) is 10.8. The lowest BCUT2D eigenvalue weighted by atomic mass is 9.98. The summed E-state index contributed by atoms with van der Waals surface area (Å²) < 4.78 is 13.1. The minimum Gasteiger partial charge on any atom is -0.392 e. The lowest BCUT2D eigenvalue weighted by Gasteiger charge is -2.36. The molecule has 3 atom stereocenters. The molecule has 2 amide bonds. The van der Waals surface area contributed by atoms with Gasteiger partial charge in [-0.05, 0) is 45.5 Å². The summed E-state index contributed by atoms with van der Waals surface area (Å²) in [5, 5.41) is 15.4. The zero-order valence-electron chi connectivity index (χ0n) is 25.5. The Morgan fingerprint density at radius 1 is 0.696 bits per heavy atom. The van der Waals surface area contributed by atoms with Gasteiger partial charge in [0.1, 0.15) is 0 Å². The third-order valence-electron chi connectivity index (χ3n) is 8.04. The fourth-order valence-electron chi connectivity index (χ4n) is 5.52. The molecule has 6 rings (SSSR count). The van der Waals surface area contributed by atoms with Crippen LogP contribution >= 0.6 is 11.8 Å². The first-order valence-electron chi connectivity index (χ1n) is 15.6. The second-order valence-corrected chi connectivity index (χ2v) is 12.4. The van der Waals surface area contributed by atoms with E-state index in [1.54, 1.807) is 11.8 Å². The molecule has 5 aromatic rings. The number of urea groups is 1. The number of benzene rings is 5. The predicted octanol–water partition coefficient (Wildman–Crippen LogP) is 8.18. The van der Waals surface area contributed by atoms with Gasteiger partial charge < -0.3 is 25.2 Å². The van der Waals surface area contributed by atoms with Gasteiger partial charge in [0.2, 0.25) is 0 Å². The summed E-state index contributed by atoms with van der Waals surface area (Å²) in [5.41, 5.74) is 7.09. The number of amides is 2. The van der Waals surface area contributed by atoms with Crippen molar-refractivity contribution in [1.29, 1.82) is 0 Å². The Bertz CT molecular complexity index is 1680. The van der Waals surface area contributed by atoms with Gasteiger partial charge in [0.05, 0.1) is 18.8 Å². The smallest absolute Gasteiger partial charge is 0.315 e. The van der Waals surface area contributed by atoms with Crippen LogP contribution in [0.15, 0.2) is 138 Å². The number of hydrogen-bond donors (Lipinski definition) is 3. The van der Waals surface area contributed by atoms with Crippen LogP contribution in [0.3, 0.4) is 0 Å². The number of aliphatic hydroxyl groups is 1. The molecule has 234 valence electrons. The van der Waals surface area contributed by atoms with Crippen molar-refractivity contribution in [3.63, 3.8) is 0 Å². The van der Waals surface area contributed by atoms with Gasteiger partial charge in [0, 0.05) is 35.7 Å². The highest BCUT2D eigenvalue weighted by Gasteiger charge is 2.32. The van der Waals surface area contributed by atoms with E-state index in [4.69, 9.17) is 9.47 Å². The second-order valence-electron chi connectivity index (χ2n) is 11.3. The Morgan fingerprint density at radius 2 is 1.35 bits per heavy atom. The summed E-state index contributed by atoms with van der Waals surface area (Å²) in [6.45, 7) is 0.896. The minimum atomic E-state index is -0.517. The van der Waals surface area contributed by atoms with E-state index < -0.39 is 6.29 Å². The van der Waals surface area contributed by atoms with Crippen LogP contribution in [-0.2, 0) is 29.2 Å². The molecule has 5 aromatic carbocycles. The molecule has 0 aromatic heterocycles. The highest BCUT2D eigenvalue weighted by Crippen LogP contribution is 2.40. The van der Waals surface area contributed by atoms with Gasteiger partial charge in [-0.25, -0.2) is 4.79 Å². The molecule has 3 unspecified atom stereocenters. The van der Waals surface area contributed by atoms with Gasteiger partial charge in [-0.15, -0.1) is 11.8 Å². The van der Waals surface area contributed by atoms with Gasteiger partial charge in [-0.1, -0.05) is 121 Å². The molecule has 0 radical (unpaired) electrons. The Hall–Kier alpha value is -4.40. The molecule has 1 aliphatic heterocycles. The van der Waals surface area contributed by atoms with Crippen molar-refractivity contribution in [2.75, 3.05) is 5.75 Å². The van der Waals surface area contributed by atoms with Crippen molar-refractivity contribution >= 4 is 17.8 Å². The van der Waals surface area contributed by atoms with E-state index in [9.17, 15) is 9.90 Å². The molecule has 1 saturated heterocycles. The largest absolute Gasteiger partial charge is 0.392 e. The van der Waals surface area contributed by atoms with Crippen LogP contribution in [0, 0.1) is 0 Å². The van der Waals surface area contributed by atoms with Crippen LogP contribution in [0.5, 0.6) is 0 Å². The van der Waals surface area contributed by atoms with Gasteiger partial charge in [0.25, 0.3) is 0 Å². The number of carbonyl (C=O) groups is 1. The molecule has 1 aliphatic rings. The number of thioether (sulfide) groups is 1. The van der Waals surface area contributed by atoms with E-state index >= 15 is 0 Å². The monoisotopic (exact) mass is 630 g/mol. The van der Waals surface area contributed by atoms with Crippen molar-refractivity contribution in [3.05, 3.63) is 161 Å². The van der Waals surface area contributed by atoms with E-state index in [-0.39, 0.29) is 24.8 Å². The highest BCUT2D eigenvalue weighted by atomic mass is 32.2. The number of ether oxygens (including phenoxy) is 2.